The van der Waals surface area contributed by atoms with Gasteiger partial charge in [-0.25, -0.2) is 8.42 Å². The van der Waals surface area contributed by atoms with Crippen molar-refractivity contribution in [3.8, 4) is 11.5 Å². The van der Waals surface area contributed by atoms with Gasteiger partial charge >= 0.3 is 0 Å². The minimum atomic E-state index is -3.65. The summed E-state index contributed by atoms with van der Waals surface area (Å²) in [6, 6.07) is 21.6. The van der Waals surface area contributed by atoms with E-state index in [9.17, 15) is 18.0 Å². The largest absolute Gasteiger partial charge is 0.454 e. The summed E-state index contributed by atoms with van der Waals surface area (Å²) >= 11 is 0. The fourth-order valence-corrected chi connectivity index (χ4v) is 5.98. The van der Waals surface area contributed by atoms with Crippen LogP contribution in [0, 0.1) is 6.92 Å². The third-order valence-corrected chi connectivity index (χ3v) is 8.36. The summed E-state index contributed by atoms with van der Waals surface area (Å²) in [6.07, 6.45) is 1.78. The molecule has 1 aliphatic rings. The Labute approximate surface area is 254 Å². The first-order valence-corrected chi connectivity index (χ1v) is 16.2. The lowest BCUT2D eigenvalue weighted by molar-refractivity contribution is -0.142. The minimum absolute atomic E-state index is 0.0521. The van der Waals surface area contributed by atoms with E-state index in [1.54, 1.807) is 23.1 Å². The van der Waals surface area contributed by atoms with Crippen molar-refractivity contribution in [3.05, 3.63) is 89.5 Å². The number of hydrogen-bond donors (Lipinski definition) is 1. The van der Waals surface area contributed by atoms with Gasteiger partial charge in [-0.05, 0) is 62.9 Å². The molecular formula is C33H41N3O6S. The van der Waals surface area contributed by atoms with E-state index >= 15 is 0 Å². The predicted molar refractivity (Wildman–Crippen MR) is 168 cm³/mol. The molecule has 230 valence electrons. The molecule has 0 saturated carbocycles. The van der Waals surface area contributed by atoms with Crippen LogP contribution in [0.3, 0.4) is 0 Å². The number of hydrogen-bond acceptors (Lipinski definition) is 6. The fourth-order valence-electron chi connectivity index (χ4n) is 5.02. The summed E-state index contributed by atoms with van der Waals surface area (Å²) in [5.41, 5.74) is 2.83. The molecule has 1 N–H and O–H groups in total. The zero-order chi connectivity index (χ0) is 31.2. The van der Waals surface area contributed by atoms with E-state index in [0.29, 0.717) is 23.6 Å². The summed E-state index contributed by atoms with van der Waals surface area (Å²) in [6.45, 7) is 8.12. The highest BCUT2D eigenvalue weighted by Crippen LogP contribution is 2.36. The first kappa shape index (κ1) is 31.9. The average molecular weight is 608 g/mol. The van der Waals surface area contributed by atoms with Gasteiger partial charge in [-0.1, -0.05) is 54.6 Å². The number of anilines is 1. The second-order valence-electron chi connectivity index (χ2n) is 11.9. The maximum Gasteiger partial charge on any atom is 0.243 e. The summed E-state index contributed by atoms with van der Waals surface area (Å²) in [5, 5.41) is 3.07. The van der Waals surface area contributed by atoms with E-state index in [4.69, 9.17) is 9.47 Å². The molecule has 3 aromatic carbocycles. The van der Waals surface area contributed by atoms with Gasteiger partial charge in [0.1, 0.15) is 6.04 Å². The lowest BCUT2D eigenvalue weighted by Gasteiger charge is -2.34. The summed E-state index contributed by atoms with van der Waals surface area (Å²) in [4.78, 5) is 29.4. The molecule has 1 aliphatic heterocycles. The third kappa shape index (κ3) is 8.73. The van der Waals surface area contributed by atoms with Crippen LogP contribution in [0.4, 0.5) is 5.69 Å². The van der Waals surface area contributed by atoms with Crippen molar-refractivity contribution in [1.82, 2.24) is 10.2 Å². The van der Waals surface area contributed by atoms with Gasteiger partial charge in [0.05, 0.1) is 11.9 Å². The van der Waals surface area contributed by atoms with Crippen LogP contribution in [-0.4, -0.2) is 56.3 Å². The number of carbonyl (C=O) groups excluding carboxylic acids is 2. The van der Waals surface area contributed by atoms with Crippen LogP contribution in [0.1, 0.15) is 50.3 Å². The fraction of sp³-hybridized carbons (Fsp3) is 0.394. The lowest BCUT2D eigenvalue weighted by atomic mass is 9.99. The Kier molecular flexibility index (Phi) is 10.0. The van der Waals surface area contributed by atoms with Gasteiger partial charge < -0.3 is 19.7 Å². The van der Waals surface area contributed by atoms with Gasteiger partial charge in [0, 0.05) is 37.5 Å². The quantitative estimate of drug-likeness (QED) is 0.317. The molecule has 2 amide bonds. The second kappa shape index (κ2) is 13.5. The number of nitrogens with zero attached hydrogens (tertiary/aromatic N) is 2. The number of sulfonamides is 1. The number of benzene rings is 3. The number of carbonyl (C=O) groups is 2. The average Bonchev–Trinajstić information content (AvgIpc) is 3.41. The Morgan fingerprint density at radius 3 is 2.30 bits per heavy atom. The molecule has 0 radical (unpaired) electrons. The van der Waals surface area contributed by atoms with Gasteiger partial charge in [-0.15, -0.1) is 0 Å². The molecule has 0 saturated heterocycles. The van der Waals surface area contributed by atoms with Crippen LogP contribution in [0.5, 0.6) is 11.5 Å². The third-order valence-electron chi connectivity index (χ3n) is 7.17. The van der Waals surface area contributed by atoms with Gasteiger partial charge in [0.2, 0.25) is 28.6 Å². The Hall–Kier alpha value is -4.05. The number of fused-ring (bicyclic) bond motifs is 1. The number of rotatable bonds is 12. The van der Waals surface area contributed by atoms with Crippen LogP contribution in [0.25, 0.3) is 0 Å². The first-order valence-electron chi connectivity index (χ1n) is 14.4. The van der Waals surface area contributed by atoms with Crippen LogP contribution >= 0.6 is 0 Å². The number of ether oxygens (including phenoxy) is 2. The second-order valence-corrected chi connectivity index (χ2v) is 13.8. The molecule has 0 spiro atoms. The Morgan fingerprint density at radius 2 is 1.63 bits per heavy atom. The van der Waals surface area contributed by atoms with Crippen molar-refractivity contribution in [2.75, 3.05) is 23.9 Å². The number of nitrogens with one attached hydrogen (secondary N) is 1. The summed E-state index contributed by atoms with van der Waals surface area (Å²) in [5.74, 6) is 0.557. The molecular weight excluding hydrogens is 566 g/mol. The van der Waals surface area contributed by atoms with Crippen LogP contribution in [-0.2, 0) is 32.6 Å². The molecule has 0 fully saturated rings. The lowest BCUT2D eigenvalue weighted by Crippen LogP contribution is -2.54. The molecule has 0 aromatic heterocycles. The Balaban J connectivity index is 1.60. The topological polar surface area (TPSA) is 105 Å². The highest BCUT2D eigenvalue weighted by atomic mass is 32.2. The normalized spacial score (nSPS) is 13.3. The van der Waals surface area contributed by atoms with Crippen molar-refractivity contribution >= 4 is 27.5 Å². The standard InChI is InChI=1S/C33H41N3O6S/c1-24-12-9-10-15-26(24)22-35(28(32(38)34-33(2,3)4)20-25-13-7-6-8-14-25)31(37)16-11-19-36(43(5,39)40)27-17-18-29-30(21-27)42-23-41-29/h6-10,12-15,17-18,21,28H,11,16,19-20,22-23H2,1-5H3,(H,34,38). The van der Waals surface area contributed by atoms with E-state index in [0.717, 1.165) is 22.9 Å². The molecule has 1 heterocycles. The molecule has 1 unspecified atom stereocenters. The van der Waals surface area contributed by atoms with Crippen LogP contribution < -0.4 is 19.1 Å². The van der Waals surface area contributed by atoms with Gasteiger partial charge in [0.15, 0.2) is 11.5 Å². The van der Waals surface area contributed by atoms with Gasteiger partial charge in [-0.2, -0.15) is 0 Å². The predicted octanol–water partition coefficient (Wildman–Crippen LogP) is 4.82. The molecule has 0 bridgehead atoms. The Bertz CT molecular complexity index is 1540. The molecule has 10 heteroatoms. The number of aryl methyl sites for hydroxylation is 1. The maximum atomic E-state index is 14.0. The minimum Gasteiger partial charge on any atom is -0.454 e. The smallest absolute Gasteiger partial charge is 0.243 e. The zero-order valence-corrected chi connectivity index (χ0v) is 26.3. The molecule has 9 nitrogen and oxygen atoms in total. The van der Waals surface area contributed by atoms with E-state index in [-0.39, 0.29) is 44.5 Å². The molecule has 43 heavy (non-hydrogen) atoms. The van der Waals surface area contributed by atoms with Gasteiger partial charge in [0.25, 0.3) is 0 Å². The first-order chi connectivity index (χ1) is 20.3. The van der Waals surface area contributed by atoms with Crippen LogP contribution in [0.2, 0.25) is 0 Å². The summed E-state index contributed by atoms with van der Waals surface area (Å²) < 4.78 is 37.6. The highest BCUT2D eigenvalue weighted by Gasteiger charge is 2.32. The number of amides is 2. The van der Waals surface area contributed by atoms with Crippen molar-refractivity contribution in [3.63, 3.8) is 0 Å². The maximum absolute atomic E-state index is 14.0. The highest BCUT2D eigenvalue weighted by molar-refractivity contribution is 7.92. The molecule has 4 rings (SSSR count). The molecule has 1 atom stereocenters. The molecule has 0 aliphatic carbocycles. The summed E-state index contributed by atoms with van der Waals surface area (Å²) in [7, 11) is -3.65. The van der Waals surface area contributed by atoms with Crippen molar-refractivity contribution in [2.24, 2.45) is 0 Å². The van der Waals surface area contributed by atoms with Crippen molar-refractivity contribution in [1.29, 1.82) is 0 Å². The van der Waals surface area contributed by atoms with Crippen molar-refractivity contribution in [2.45, 2.75) is 65.1 Å². The van der Waals surface area contributed by atoms with Crippen LogP contribution in [0.15, 0.2) is 72.8 Å². The van der Waals surface area contributed by atoms with E-state index in [1.807, 2.05) is 82.3 Å². The van der Waals surface area contributed by atoms with E-state index < -0.39 is 21.6 Å². The van der Waals surface area contributed by atoms with E-state index in [1.165, 1.54) is 4.31 Å². The zero-order valence-electron chi connectivity index (χ0n) is 25.5. The Morgan fingerprint density at radius 1 is 0.953 bits per heavy atom. The van der Waals surface area contributed by atoms with E-state index in [2.05, 4.69) is 5.32 Å². The molecule has 3 aromatic rings. The SMILES string of the molecule is Cc1ccccc1CN(C(=O)CCCN(c1ccc2c(c1)OCO2)S(C)(=O)=O)C(Cc1ccccc1)C(=O)NC(C)(C)C. The monoisotopic (exact) mass is 607 g/mol. The van der Waals surface area contributed by atoms with Gasteiger partial charge in [-0.3, -0.25) is 13.9 Å². The van der Waals surface area contributed by atoms with Crippen molar-refractivity contribution < 1.29 is 27.5 Å².